The molecule has 3 aromatic rings. The van der Waals surface area contributed by atoms with Gasteiger partial charge < -0.3 is 4.57 Å². The van der Waals surface area contributed by atoms with E-state index >= 15 is 0 Å². The molecule has 0 aliphatic heterocycles. The summed E-state index contributed by atoms with van der Waals surface area (Å²) in [5.41, 5.74) is 1.95. The molecule has 0 amide bonds. The first-order chi connectivity index (χ1) is 10.2. The molecule has 3 aromatic heterocycles. The van der Waals surface area contributed by atoms with Crippen molar-refractivity contribution in [2.24, 2.45) is 13.0 Å². The van der Waals surface area contributed by atoms with Gasteiger partial charge in [-0.25, -0.2) is 9.97 Å². The molecule has 1 saturated carbocycles. The van der Waals surface area contributed by atoms with Crippen LogP contribution in [0.5, 0.6) is 0 Å². The van der Waals surface area contributed by atoms with Crippen molar-refractivity contribution in [1.82, 2.24) is 19.1 Å². The molecule has 1 aliphatic carbocycles. The van der Waals surface area contributed by atoms with E-state index in [0.29, 0.717) is 5.92 Å². The normalized spacial score (nSPS) is 16.5. The Labute approximate surface area is 125 Å². The van der Waals surface area contributed by atoms with E-state index in [9.17, 15) is 4.79 Å². The number of imidazole rings is 1. The maximum atomic E-state index is 12.8. The number of rotatable bonds is 3. The van der Waals surface area contributed by atoms with Gasteiger partial charge in [0.25, 0.3) is 5.56 Å². The van der Waals surface area contributed by atoms with Crippen LogP contribution < -0.4 is 5.56 Å². The van der Waals surface area contributed by atoms with E-state index in [-0.39, 0.29) is 11.6 Å². The van der Waals surface area contributed by atoms with Crippen molar-refractivity contribution >= 4 is 21.6 Å². The fourth-order valence-corrected chi connectivity index (χ4v) is 3.81. The molecule has 4 rings (SSSR count). The van der Waals surface area contributed by atoms with E-state index in [2.05, 4.69) is 9.97 Å². The molecule has 5 nitrogen and oxygen atoms in total. The minimum Gasteiger partial charge on any atom is -0.336 e. The van der Waals surface area contributed by atoms with Gasteiger partial charge >= 0.3 is 0 Å². The first-order valence-electron chi connectivity index (χ1n) is 7.09. The molecule has 3 heterocycles. The van der Waals surface area contributed by atoms with Gasteiger partial charge in [0.1, 0.15) is 10.5 Å². The molecule has 0 unspecified atom stereocenters. The molecule has 0 spiro atoms. The molecule has 108 valence electrons. The van der Waals surface area contributed by atoms with Gasteiger partial charge in [-0.15, -0.1) is 11.3 Å². The van der Waals surface area contributed by atoms with Crippen LogP contribution in [0.4, 0.5) is 0 Å². The van der Waals surface area contributed by atoms with Crippen molar-refractivity contribution in [2.75, 3.05) is 0 Å². The molecule has 0 radical (unpaired) electrons. The maximum absolute atomic E-state index is 12.8. The number of nitrogens with zero attached hydrogens (tertiary/aromatic N) is 4. The van der Waals surface area contributed by atoms with Gasteiger partial charge in [-0.2, -0.15) is 0 Å². The molecule has 0 bridgehead atoms. The Morgan fingerprint density at radius 2 is 2.19 bits per heavy atom. The third-order valence-electron chi connectivity index (χ3n) is 4.17. The smallest absolute Gasteiger partial charge is 0.271 e. The Morgan fingerprint density at radius 3 is 2.86 bits per heavy atom. The second-order valence-corrected chi connectivity index (χ2v) is 6.61. The van der Waals surface area contributed by atoms with E-state index in [0.717, 1.165) is 34.4 Å². The molecule has 0 aromatic carbocycles. The average Bonchev–Trinajstić information content (AvgIpc) is 3.11. The number of fused-ring (bicyclic) bond motifs is 1. The summed E-state index contributed by atoms with van der Waals surface area (Å²) in [6.45, 7) is 1.99. The lowest BCUT2D eigenvalue weighted by molar-refractivity contribution is 0.463. The maximum Gasteiger partial charge on any atom is 0.271 e. The monoisotopic (exact) mass is 300 g/mol. The van der Waals surface area contributed by atoms with Crippen molar-refractivity contribution in [2.45, 2.75) is 25.8 Å². The minimum atomic E-state index is -0.00296. The standard InChI is InChI=1S/C15H16N4OS/c1-9-7-21-13-11(9)17-8-19(15(13)20)12(10-3-4-10)14-16-5-6-18(14)2/h5-8,10,12H,3-4H2,1-2H3/t12-/m0/s1. The van der Waals surface area contributed by atoms with E-state index in [4.69, 9.17) is 0 Å². The summed E-state index contributed by atoms with van der Waals surface area (Å²) in [5, 5.41) is 2.00. The van der Waals surface area contributed by atoms with Crippen LogP contribution in [-0.2, 0) is 7.05 Å². The lowest BCUT2D eigenvalue weighted by Gasteiger charge is -2.18. The summed E-state index contributed by atoms with van der Waals surface area (Å²) >= 11 is 1.48. The molecule has 21 heavy (non-hydrogen) atoms. The van der Waals surface area contributed by atoms with Gasteiger partial charge in [-0.3, -0.25) is 9.36 Å². The van der Waals surface area contributed by atoms with Crippen molar-refractivity contribution in [3.05, 3.63) is 45.8 Å². The van der Waals surface area contributed by atoms with Crippen LogP contribution in [0.1, 0.15) is 30.3 Å². The zero-order chi connectivity index (χ0) is 14.6. The van der Waals surface area contributed by atoms with E-state index in [1.807, 2.05) is 30.1 Å². The lowest BCUT2D eigenvalue weighted by atomic mass is 10.1. The van der Waals surface area contributed by atoms with E-state index in [1.165, 1.54) is 11.3 Å². The molecule has 0 N–H and O–H groups in total. The molecular formula is C15H16N4OS. The Kier molecular flexibility index (Phi) is 2.75. The third kappa shape index (κ3) is 1.93. The van der Waals surface area contributed by atoms with Crippen LogP contribution in [0, 0.1) is 12.8 Å². The largest absolute Gasteiger partial charge is 0.336 e. The number of hydrogen-bond acceptors (Lipinski definition) is 4. The summed E-state index contributed by atoms with van der Waals surface area (Å²) in [7, 11) is 1.98. The minimum absolute atomic E-state index is 0.00296. The van der Waals surface area contributed by atoms with Crippen LogP contribution in [0.2, 0.25) is 0 Å². The Balaban J connectivity index is 1.93. The fraction of sp³-hybridized carbons (Fsp3) is 0.400. The zero-order valence-corrected chi connectivity index (χ0v) is 12.8. The summed E-state index contributed by atoms with van der Waals surface area (Å²) in [5.74, 6) is 1.43. The molecule has 1 atom stereocenters. The molecule has 6 heteroatoms. The molecule has 1 fully saturated rings. The van der Waals surface area contributed by atoms with Crippen LogP contribution in [0.25, 0.3) is 10.2 Å². The van der Waals surface area contributed by atoms with Crippen LogP contribution in [0.15, 0.2) is 28.9 Å². The number of thiophene rings is 1. The zero-order valence-electron chi connectivity index (χ0n) is 12.0. The number of hydrogen-bond donors (Lipinski definition) is 0. The molecule has 1 aliphatic rings. The van der Waals surface area contributed by atoms with Gasteiger partial charge in [-0.1, -0.05) is 0 Å². The summed E-state index contributed by atoms with van der Waals surface area (Å²) in [6, 6.07) is -0.00296. The SMILES string of the molecule is Cc1csc2c(=O)n([C@H](c3nccn3C)C3CC3)cnc12. The third-order valence-corrected chi connectivity index (χ3v) is 5.25. The van der Waals surface area contributed by atoms with E-state index in [1.54, 1.807) is 17.1 Å². The quantitative estimate of drug-likeness (QED) is 0.747. The van der Waals surface area contributed by atoms with Gasteiger partial charge in [0.15, 0.2) is 0 Å². The topological polar surface area (TPSA) is 52.7 Å². The summed E-state index contributed by atoms with van der Waals surface area (Å²) in [4.78, 5) is 21.8. The lowest BCUT2D eigenvalue weighted by Crippen LogP contribution is -2.28. The fourth-order valence-electron chi connectivity index (χ4n) is 2.87. The van der Waals surface area contributed by atoms with Crippen molar-refractivity contribution < 1.29 is 0 Å². The van der Waals surface area contributed by atoms with Crippen molar-refractivity contribution in [3.63, 3.8) is 0 Å². The Bertz CT molecular complexity index is 871. The highest BCUT2D eigenvalue weighted by Gasteiger charge is 2.37. The van der Waals surface area contributed by atoms with Gasteiger partial charge in [0.05, 0.1) is 17.9 Å². The molecular weight excluding hydrogens is 284 g/mol. The van der Waals surface area contributed by atoms with Crippen LogP contribution in [-0.4, -0.2) is 19.1 Å². The number of aryl methyl sites for hydroxylation is 2. The number of aromatic nitrogens is 4. The first kappa shape index (κ1) is 12.8. The van der Waals surface area contributed by atoms with E-state index < -0.39 is 0 Å². The van der Waals surface area contributed by atoms with Gasteiger partial charge in [-0.05, 0) is 36.6 Å². The highest BCUT2D eigenvalue weighted by molar-refractivity contribution is 7.17. The van der Waals surface area contributed by atoms with Crippen LogP contribution >= 0.6 is 11.3 Å². The summed E-state index contributed by atoms with van der Waals surface area (Å²) in [6.07, 6.45) is 7.70. The van der Waals surface area contributed by atoms with Gasteiger partial charge in [0.2, 0.25) is 0 Å². The van der Waals surface area contributed by atoms with Gasteiger partial charge in [0, 0.05) is 19.4 Å². The Hall–Kier alpha value is -1.95. The summed E-state index contributed by atoms with van der Waals surface area (Å²) < 4.78 is 4.52. The van der Waals surface area contributed by atoms with Crippen LogP contribution in [0.3, 0.4) is 0 Å². The molecule has 0 saturated heterocycles. The Morgan fingerprint density at radius 1 is 1.38 bits per heavy atom. The predicted molar refractivity (Wildman–Crippen MR) is 82.7 cm³/mol. The average molecular weight is 300 g/mol. The van der Waals surface area contributed by atoms with Crippen molar-refractivity contribution in [3.8, 4) is 0 Å². The first-order valence-corrected chi connectivity index (χ1v) is 7.97. The predicted octanol–water partition coefficient (Wildman–Crippen LogP) is 2.50. The highest BCUT2D eigenvalue weighted by Crippen LogP contribution is 2.42. The van der Waals surface area contributed by atoms with Crippen molar-refractivity contribution in [1.29, 1.82) is 0 Å². The second-order valence-electron chi connectivity index (χ2n) is 5.73. The second kappa shape index (κ2) is 4.53. The highest BCUT2D eigenvalue weighted by atomic mass is 32.1.